The molecule has 1 fully saturated rings. The van der Waals surface area contributed by atoms with Crippen LogP contribution in [-0.2, 0) is 4.79 Å². The maximum atomic E-state index is 11.7. The number of unbranched alkanes of at least 4 members (excludes halogenated alkanes) is 4. The van der Waals surface area contributed by atoms with Gasteiger partial charge in [0, 0.05) is 14.1 Å². The summed E-state index contributed by atoms with van der Waals surface area (Å²) < 4.78 is 0. The van der Waals surface area contributed by atoms with Crippen LogP contribution in [0.25, 0.3) is 0 Å². The largest absolute Gasteiger partial charge is 0.326 e. The average Bonchev–Trinajstić information content (AvgIpc) is 2.46. The Balaban J connectivity index is 2.31. The second kappa shape index (κ2) is 5.87. The van der Waals surface area contributed by atoms with E-state index >= 15 is 0 Å². The Morgan fingerprint density at radius 2 is 1.69 bits per heavy atom. The molecular weight excluding hydrogens is 204 g/mol. The van der Waals surface area contributed by atoms with Crippen molar-refractivity contribution in [3.8, 4) is 0 Å². The van der Waals surface area contributed by atoms with Crippen LogP contribution in [-0.4, -0.2) is 41.9 Å². The molecule has 0 bridgehead atoms. The van der Waals surface area contributed by atoms with Gasteiger partial charge in [0.15, 0.2) is 0 Å². The fourth-order valence-corrected chi connectivity index (χ4v) is 2.11. The van der Waals surface area contributed by atoms with E-state index in [1.807, 2.05) is 0 Å². The number of carbonyl (C=O) groups is 2. The summed E-state index contributed by atoms with van der Waals surface area (Å²) >= 11 is 0. The Hall–Kier alpha value is -1.06. The monoisotopic (exact) mass is 226 g/mol. The molecule has 1 heterocycles. The third-order valence-electron chi connectivity index (χ3n) is 3.25. The molecule has 0 aromatic heterocycles. The number of hydrogen-bond acceptors (Lipinski definition) is 2. The molecule has 1 aliphatic rings. The van der Waals surface area contributed by atoms with Crippen molar-refractivity contribution in [2.75, 3.05) is 14.1 Å². The summed E-state index contributed by atoms with van der Waals surface area (Å²) in [6, 6.07) is -0.400. The van der Waals surface area contributed by atoms with Gasteiger partial charge in [0.05, 0.1) is 0 Å². The Bertz CT molecular complexity index is 266. The molecule has 16 heavy (non-hydrogen) atoms. The highest BCUT2D eigenvalue weighted by Gasteiger charge is 2.39. The number of rotatable bonds is 6. The van der Waals surface area contributed by atoms with Gasteiger partial charge in [-0.2, -0.15) is 0 Å². The molecule has 4 nitrogen and oxygen atoms in total. The molecule has 3 amide bonds. The van der Waals surface area contributed by atoms with Crippen molar-refractivity contribution in [1.29, 1.82) is 0 Å². The topological polar surface area (TPSA) is 40.6 Å². The van der Waals surface area contributed by atoms with Crippen LogP contribution in [0.15, 0.2) is 0 Å². The molecule has 0 N–H and O–H groups in total. The summed E-state index contributed by atoms with van der Waals surface area (Å²) in [5.41, 5.74) is 0. The minimum Gasteiger partial charge on any atom is -0.315 e. The SMILES string of the molecule is CCCCCCCC1C(=O)N(C)C(=O)N1C. The number of imide groups is 1. The zero-order valence-corrected chi connectivity index (χ0v) is 10.5. The molecule has 0 aliphatic carbocycles. The van der Waals surface area contributed by atoms with E-state index in [2.05, 4.69) is 6.92 Å². The quantitative estimate of drug-likeness (QED) is 0.515. The zero-order valence-electron chi connectivity index (χ0n) is 10.5. The minimum absolute atomic E-state index is 0.0528. The van der Waals surface area contributed by atoms with Crippen LogP contribution < -0.4 is 0 Å². The smallest absolute Gasteiger partial charge is 0.315 e. The molecule has 0 aromatic carbocycles. The van der Waals surface area contributed by atoms with Gasteiger partial charge in [-0.05, 0) is 6.42 Å². The summed E-state index contributed by atoms with van der Waals surface area (Å²) in [4.78, 5) is 26.0. The average molecular weight is 226 g/mol. The lowest BCUT2D eigenvalue weighted by molar-refractivity contribution is -0.127. The molecule has 1 aliphatic heterocycles. The highest BCUT2D eigenvalue weighted by molar-refractivity contribution is 6.03. The van der Waals surface area contributed by atoms with Crippen LogP contribution in [0.4, 0.5) is 4.79 Å². The molecule has 1 atom stereocenters. The number of amides is 3. The van der Waals surface area contributed by atoms with Crippen LogP contribution in [0.3, 0.4) is 0 Å². The molecule has 0 aromatic rings. The number of hydrogen-bond donors (Lipinski definition) is 0. The van der Waals surface area contributed by atoms with E-state index in [4.69, 9.17) is 0 Å². The van der Waals surface area contributed by atoms with E-state index in [0.717, 1.165) is 19.3 Å². The van der Waals surface area contributed by atoms with E-state index in [-0.39, 0.29) is 18.0 Å². The molecule has 1 saturated heterocycles. The van der Waals surface area contributed by atoms with E-state index < -0.39 is 0 Å². The van der Waals surface area contributed by atoms with Crippen LogP contribution in [0, 0.1) is 0 Å². The molecular formula is C12H22N2O2. The standard InChI is InChI=1S/C12H22N2O2/c1-4-5-6-7-8-9-10-11(15)14(3)12(16)13(10)2/h10H,4-9H2,1-3H3. The molecule has 1 rings (SSSR count). The van der Waals surface area contributed by atoms with Crippen LogP contribution in [0.2, 0.25) is 0 Å². The van der Waals surface area contributed by atoms with Crippen molar-refractivity contribution in [3.05, 3.63) is 0 Å². The van der Waals surface area contributed by atoms with Gasteiger partial charge in [0.1, 0.15) is 6.04 Å². The van der Waals surface area contributed by atoms with Crippen LogP contribution in [0.1, 0.15) is 45.4 Å². The molecule has 0 radical (unpaired) electrons. The summed E-state index contributed by atoms with van der Waals surface area (Å²) in [7, 11) is 3.26. The maximum Gasteiger partial charge on any atom is 0.326 e. The first kappa shape index (κ1) is 13.0. The van der Waals surface area contributed by atoms with Crippen molar-refractivity contribution in [2.24, 2.45) is 0 Å². The highest BCUT2D eigenvalue weighted by Crippen LogP contribution is 2.19. The van der Waals surface area contributed by atoms with Gasteiger partial charge < -0.3 is 4.90 Å². The number of carbonyl (C=O) groups excluding carboxylic acids is 2. The van der Waals surface area contributed by atoms with E-state index in [9.17, 15) is 9.59 Å². The van der Waals surface area contributed by atoms with Crippen LogP contribution >= 0.6 is 0 Å². The fraction of sp³-hybridized carbons (Fsp3) is 0.833. The Morgan fingerprint density at radius 1 is 1.06 bits per heavy atom. The second-order valence-electron chi connectivity index (χ2n) is 4.51. The predicted octanol–water partition coefficient (Wildman–Crippen LogP) is 2.24. The summed E-state index contributed by atoms with van der Waals surface area (Å²) in [6.07, 6.45) is 6.70. The first-order chi connectivity index (χ1) is 7.59. The minimum atomic E-state index is -0.223. The first-order valence-electron chi connectivity index (χ1n) is 6.14. The summed E-state index contributed by atoms with van der Waals surface area (Å²) in [6.45, 7) is 2.18. The van der Waals surface area contributed by atoms with Crippen molar-refractivity contribution in [2.45, 2.75) is 51.5 Å². The van der Waals surface area contributed by atoms with Crippen molar-refractivity contribution in [3.63, 3.8) is 0 Å². The lowest BCUT2D eigenvalue weighted by Crippen LogP contribution is -2.31. The Morgan fingerprint density at radius 3 is 2.19 bits per heavy atom. The van der Waals surface area contributed by atoms with E-state index in [1.165, 1.54) is 24.2 Å². The normalized spacial score (nSPS) is 21.1. The third-order valence-corrected chi connectivity index (χ3v) is 3.25. The summed E-state index contributed by atoms with van der Waals surface area (Å²) in [5, 5.41) is 0. The van der Waals surface area contributed by atoms with Gasteiger partial charge in [-0.1, -0.05) is 39.0 Å². The molecule has 1 unspecified atom stereocenters. The van der Waals surface area contributed by atoms with Gasteiger partial charge >= 0.3 is 6.03 Å². The first-order valence-corrected chi connectivity index (χ1v) is 6.14. The van der Waals surface area contributed by atoms with Gasteiger partial charge in [0.25, 0.3) is 5.91 Å². The van der Waals surface area contributed by atoms with Gasteiger partial charge in [0.2, 0.25) is 0 Å². The van der Waals surface area contributed by atoms with Crippen molar-refractivity contribution in [1.82, 2.24) is 9.80 Å². The molecule has 92 valence electrons. The van der Waals surface area contributed by atoms with Crippen LogP contribution in [0.5, 0.6) is 0 Å². The fourth-order valence-electron chi connectivity index (χ4n) is 2.11. The predicted molar refractivity (Wildman–Crippen MR) is 63.1 cm³/mol. The zero-order chi connectivity index (χ0) is 12.1. The Labute approximate surface area is 97.6 Å². The number of nitrogens with zero attached hydrogens (tertiary/aromatic N) is 2. The molecule has 0 spiro atoms. The molecule has 0 saturated carbocycles. The maximum absolute atomic E-state index is 11.7. The Kier molecular flexibility index (Phi) is 4.77. The van der Waals surface area contributed by atoms with E-state index in [0.29, 0.717) is 0 Å². The van der Waals surface area contributed by atoms with Crippen molar-refractivity contribution < 1.29 is 9.59 Å². The second-order valence-corrected chi connectivity index (χ2v) is 4.51. The van der Waals surface area contributed by atoms with Crippen molar-refractivity contribution >= 4 is 11.9 Å². The lowest BCUT2D eigenvalue weighted by atomic mass is 10.1. The number of likely N-dealkylation sites (N-methyl/N-ethyl adjacent to an activating group) is 2. The number of urea groups is 1. The lowest BCUT2D eigenvalue weighted by Gasteiger charge is -2.15. The third kappa shape index (κ3) is 2.74. The highest BCUT2D eigenvalue weighted by atomic mass is 16.2. The van der Waals surface area contributed by atoms with Gasteiger partial charge in [-0.15, -0.1) is 0 Å². The summed E-state index contributed by atoms with van der Waals surface area (Å²) in [5.74, 6) is -0.0528. The molecule has 4 heteroatoms. The van der Waals surface area contributed by atoms with Gasteiger partial charge in [-0.25, -0.2) is 4.79 Å². The van der Waals surface area contributed by atoms with Gasteiger partial charge in [-0.3, -0.25) is 9.69 Å². The van der Waals surface area contributed by atoms with E-state index in [1.54, 1.807) is 19.0 Å².